The van der Waals surface area contributed by atoms with Crippen molar-refractivity contribution in [2.24, 2.45) is 0 Å². The smallest absolute Gasteiger partial charge is 0.254 e. The standard InChI is InChI=1S/C23H24N6O.C2H6/c1-28-10-12-29(13-11-28)16-5-8-21(25-14-16)27-20-7-6-17(19-4-2-3-9-24-19)18-15-26-23(30)22(18)20;1-2/h2-9,14H,10-13,15H2,1H3,(H,25,27)(H,26,30);1-2H3. The van der Waals surface area contributed by atoms with Crippen LogP contribution in [0.1, 0.15) is 29.8 Å². The van der Waals surface area contributed by atoms with Gasteiger partial charge in [-0.05, 0) is 42.9 Å². The van der Waals surface area contributed by atoms with E-state index in [1.807, 2.05) is 56.4 Å². The molecule has 0 radical (unpaired) electrons. The van der Waals surface area contributed by atoms with Crippen LogP contribution < -0.4 is 15.5 Å². The topological polar surface area (TPSA) is 73.4 Å². The Kier molecular flexibility index (Phi) is 6.66. The van der Waals surface area contributed by atoms with E-state index in [2.05, 4.69) is 43.5 Å². The van der Waals surface area contributed by atoms with Crippen molar-refractivity contribution < 1.29 is 4.79 Å². The number of hydrogen-bond acceptors (Lipinski definition) is 6. The zero-order valence-electron chi connectivity index (χ0n) is 18.9. The maximum atomic E-state index is 12.5. The Morgan fingerprint density at radius 1 is 0.969 bits per heavy atom. The number of piperazine rings is 1. The number of anilines is 3. The molecule has 7 nitrogen and oxygen atoms in total. The number of aromatic nitrogens is 2. The van der Waals surface area contributed by atoms with Crippen molar-refractivity contribution in [1.82, 2.24) is 20.2 Å². The van der Waals surface area contributed by atoms with Crippen molar-refractivity contribution in [3.63, 3.8) is 0 Å². The third kappa shape index (κ3) is 4.43. The van der Waals surface area contributed by atoms with Gasteiger partial charge < -0.3 is 20.4 Å². The second-order valence-corrected chi connectivity index (χ2v) is 7.73. The van der Waals surface area contributed by atoms with E-state index < -0.39 is 0 Å². The molecule has 2 aliphatic rings. The summed E-state index contributed by atoms with van der Waals surface area (Å²) in [6, 6.07) is 13.8. The SMILES string of the molecule is CC.CN1CCN(c2ccc(Nc3ccc(-c4ccccn4)c4c3C(=O)NC4)nc2)CC1. The number of rotatable bonds is 4. The highest BCUT2D eigenvalue weighted by Gasteiger charge is 2.26. The molecule has 3 aromatic rings. The van der Waals surface area contributed by atoms with Crippen LogP contribution in [0.25, 0.3) is 11.3 Å². The van der Waals surface area contributed by atoms with Gasteiger partial charge in [-0.3, -0.25) is 9.78 Å². The number of amides is 1. The van der Waals surface area contributed by atoms with Crippen molar-refractivity contribution in [1.29, 1.82) is 0 Å². The van der Waals surface area contributed by atoms with E-state index in [1.165, 1.54) is 0 Å². The number of carbonyl (C=O) groups excluding carboxylic acids is 1. The Morgan fingerprint density at radius 2 is 1.78 bits per heavy atom. The molecular weight excluding hydrogens is 400 g/mol. The first kappa shape index (κ1) is 21.8. The number of benzene rings is 1. The molecule has 1 fully saturated rings. The van der Waals surface area contributed by atoms with Crippen LogP contribution in [-0.2, 0) is 6.54 Å². The highest BCUT2D eigenvalue weighted by Crippen LogP contribution is 2.34. The molecule has 1 saturated heterocycles. The van der Waals surface area contributed by atoms with Crippen LogP contribution in [0, 0.1) is 0 Å². The van der Waals surface area contributed by atoms with Crippen LogP contribution in [0.5, 0.6) is 0 Å². The molecule has 0 spiro atoms. The third-order valence-corrected chi connectivity index (χ3v) is 5.79. The van der Waals surface area contributed by atoms with Crippen molar-refractivity contribution in [3.8, 4) is 11.3 Å². The van der Waals surface area contributed by atoms with Gasteiger partial charge in [0.15, 0.2) is 0 Å². The van der Waals surface area contributed by atoms with Crippen LogP contribution in [-0.4, -0.2) is 54.0 Å². The quantitative estimate of drug-likeness (QED) is 0.654. The molecule has 2 aliphatic heterocycles. The molecule has 32 heavy (non-hydrogen) atoms. The normalized spacial score (nSPS) is 15.5. The van der Waals surface area contributed by atoms with Gasteiger partial charge in [0.05, 0.1) is 28.8 Å². The highest BCUT2D eigenvalue weighted by molar-refractivity contribution is 6.06. The minimum atomic E-state index is -0.0701. The van der Waals surface area contributed by atoms with Crippen LogP contribution in [0.2, 0.25) is 0 Å². The van der Waals surface area contributed by atoms with Crippen molar-refractivity contribution in [3.05, 3.63) is 66.0 Å². The first-order chi connectivity index (χ1) is 15.7. The highest BCUT2D eigenvalue weighted by atomic mass is 16.1. The fourth-order valence-corrected chi connectivity index (χ4v) is 4.06. The molecule has 1 aromatic carbocycles. The van der Waals surface area contributed by atoms with Crippen LogP contribution >= 0.6 is 0 Å². The number of nitrogens with one attached hydrogen (secondary N) is 2. The molecule has 0 unspecified atom stereocenters. The first-order valence-corrected chi connectivity index (χ1v) is 11.2. The van der Waals surface area contributed by atoms with Gasteiger partial charge in [-0.1, -0.05) is 26.0 Å². The Morgan fingerprint density at radius 3 is 2.47 bits per heavy atom. The van der Waals surface area contributed by atoms with Gasteiger partial charge in [-0.25, -0.2) is 4.98 Å². The fourth-order valence-electron chi connectivity index (χ4n) is 4.06. The summed E-state index contributed by atoms with van der Waals surface area (Å²) in [5.74, 6) is 0.653. The predicted molar refractivity (Wildman–Crippen MR) is 129 cm³/mol. The molecule has 0 saturated carbocycles. The zero-order valence-corrected chi connectivity index (χ0v) is 18.9. The lowest BCUT2D eigenvalue weighted by molar-refractivity contribution is 0.0966. The summed E-state index contributed by atoms with van der Waals surface area (Å²) < 4.78 is 0. The second-order valence-electron chi connectivity index (χ2n) is 7.73. The van der Waals surface area contributed by atoms with Gasteiger partial charge in [-0.15, -0.1) is 0 Å². The lowest BCUT2D eigenvalue weighted by Crippen LogP contribution is -2.44. The molecule has 7 heteroatoms. The van der Waals surface area contributed by atoms with Crippen molar-refractivity contribution in [2.75, 3.05) is 43.4 Å². The van der Waals surface area contributed by atoms with E-state index in [4.69, 9.17) is 0 Å². The molecule has 0 atom stereocenters. The maximum Gasteiger partial charge on any atom is 0.254 e. The van der Waals surface area contributed by atoms with Gasteiger partial charge in [0.25, 0.3) is 5.91 Å². The van der Waals surface area contributed by atoms with Crippen LogP contribution in [0.15, 0.2) is 54.9 Å². The molecular formula is C25H30N6O. The van der Waals surface area contributed by atoms with E-state index in [0.29, 0.717) is 12.1 Å². The van der Waals surface area contributed by atoms with E-state index in [-0.39, 0.29) is 5.91 Å². The summed E-state index contributed by atoms with van der Waals surface area (Å²) in [6.07, 6.45) is 3.67. The lowest BCUT2D eigenvalue weighted by Gasteiger charge is -2.33. The minimum absolute atomic E-state index is 0.0701. The Bertz CT molecular complexity index is 1060. The number of likely N-dealkylation sites (N-methyl/N-ethyl adjacent to an activating group) is 1. The van der Waals surface area contributed by atoms with Crippen LogP contribution in [0.4, 0.5) is 17.2 Å². The van der Waals surface area contributed by atoms with E-state index >= 15 is 0 Å². The van der Waals surface area contributed by atoms with Crippen LogP contribution in [0.3, 0.4) is 0 Å². The summed E-state index contributed by atoms with van der Waals surface area (Å²) in [6.45, 7) is 8.64. The molecule has 0 bridgehead atoms. The molecule has 4 heterocycles. The summed E-state index contributed by atoms with van der Waals surface area (Å²) in [5.41, 5.74) is 5.38. The Hall–Kier alpha value is -3.45. The number of pyridine rings is 2. The number of hydrogen-bond donors (Lipinski definition) is 2. The van der Waals surface area contributed by atoms with Gasteiger partial charge in [0.1, 0.15) is 5.82 Å². The number of carbonyl (C=O) groups is 1. The monoisotopic (exact) mass is 430 g/mol. The van der Waals surface area contributed by atoms with Crippen molar-refractivity contribution >= 4 is 23.1 Å². The van der Waals surface area contributed by atoms with E-state index in [1.54, 1.807) is 6.20 Å². The van der Waals surface area contributed by atoms with E-state index in [0.717, 1.165) is 60.2 Å². The molecule has 2 N–H and O–H groups in total. The van der Waals surface area contributed by atoms with E-state index in [9.17, 15) is 4.79 Å². The molecule has 2 aromatic heterocycles. The average molecular weight is 431 g/mol. The summed E-state index contributed by atoms with van der Waals surface area (Å²) in [7, 11) is 2.15. The lowest BCUT2D eigenvalue weighted by atomic mass is 9.98. The minimum Gasteiger partial charge on any atom is -0.368 e. The van der Waals surface area contributed by atoms with Gasteiger partial charge in [0, 0.05) is 44.5 Å². The maximum absolute atomic E-state index is 12.5. The Balaban J connectivity index is 0.00000119. The third-order valence-electron chi connectivity index (χ3n) is 5.79. The van der Waals surface area contributed by atoms with Crippen molar-refractivity contribution in [2.45, 2.75) is 20.4 Å². The predicted octanol–water partition coefficient (Wildman–Crippen LogP) is 3.91. The van der Waals surface area contributed by atoms with Gasteiger partial charge in [-0.2, -0.15) is 0 Å². The Labute approximate surface area is 189 Å². The molecule has 0 aliphatic carbocycles. The zero-order chi connectivity index (χ0) is 22.5. The van der Waals surface area contributed by atoms with Gasteiger partial charge in [0.2, 0.25) is 0 Å². The fraction of sp³-hybridized carbons (Fsp3) is 0.320. The molecule has 1 amide bonds. The van der Waals surface area contributed by atoms with Gasteiger partial charge >= 0.3 is 0 Å². The molecule has 166 valence electrons. The number of fused-ring (bicyclic) bond motifs is 1. The summed E-state index contributed by atoms with van der Waals surface area (Å²) >= 11 is 0. The second kappa shape index (κ2) is 9.78. The summed E-state index contributed by atoms with van der Waals surface area (Å²) in [4.78, 5) is 26.3. The molecule has 5 rings (SSSR count). The average Bonchev–Trinajstić information content (AvgIpc) is 3.24. The summed E-state index contributed by atoms with van der Waals surface area (Å²) in [5, 5.41) is 6.27. The first-order valence-electron chi connectivity index (χ1n) is 11.2. The largest absolute Gasteiger partial charge is 0.368 e. The number of nitrogens with zero attached hydrogens (tertiary/aromatic N) is 4.